The Hall–Kier alpha value is -1.84. The zero-order valence-corrected chi connectivity index (χ0v) is 8.02. The topological polar surface area (TPSA) is 59.4 Å². The summed E-state index contributed by atoms with van der Waals surface area (Å²) >= 11 is 0. The van der Waals surface area contributed by atoms with Crippen LogP contribution < -0.4 is 4.74 Å². The van der Waals surface area contributed by atoms with Crippen LogP contribution in [0, 0.1) is 0 Å². The van der Waals surface area contributed by atoms with Crippen LogP contribution >= 0.6 is 0 Å². The second-order valence-electron chi connectivity index (χ2n) is 2.75. The van der Waals surface area contributed by atoms with Crippen molar-refractivity contribution in [2.45, 2.75) is 6.92 Å². The van der Waals surface area contributed by atoms with Crippen LogP contribution in [0.3, 0.4) is 0 Å². The second kappa shape index (κ2) is 4.41. The lowest BCUT2D eigenvalue weighted by Crippen LogP contribution is -1.92. The highest BCUT2D eigenvalue weighted by molar-refractivity contribution is 5.89. The fourth-order valence-corrected chi connectivity index (χ4v) is 1.03. The molecule has 0 saturated carbocycles. The van der Waals surface area contributed by atoms with Crippen molar-refractivity contribution in [2.24, 2.45) is 0 Å². The molecule has 0 amide bonds. The first-order valence-corrected chi connectivity index (χ1v) is 4.05. The number of rotatable bonds is 3. The van der Waals surface area contributed by atoms with E-state index in [1.54, 1.807) is 25.3 Å². The number of nitrogens with zero attached hydrogens (tertiary/aromatic N) is 1. The molecule has 1 aromatic heterocycles. The first-order chi connectivity index (χ1) is 6.63. The molecule has 0 aliphatic heterocycles. The Bertz CT molecular complexity index is 371. The van der Waals surface area contributed by atoms with E-state index in [1.165, 1.54) is 7.11 Å². The van der Waals surface area contributed by atoms with Gasteiger partial charge < -0.3 is 9.84 Å². The number of carbonyl (C=O) groups is 1. The van der Waals surface area contributed by atoms with E-state index in [4.69, 9.17) is 9.84 Å². The lowest BCUT2D eigenvalue weighted by Gasteiger charge is -2.02. The van der Waals surface area contributed by atoms with Gasteiger partial charge in [-0.15, -0.1) is 0 Å². The third-order valence-electron chi connectivity index (χ3n) is 1.74. The van der Waals surface area contributed by atoms with Gasteiger partial charge in [-0.25, -0.2) is 9.78 Å². The molecule has 1 N–H and O–H groups in total. The minimum Gasteiger partial charge on any atom is -0.481 e. The van der Waals surface area contributed by atoms with Gasteiger partial charge in [-0.2, -0.15) is 0 Å². The molecule has 0 spiro atoms. The third kappa shape index (κ3) is 2.58. The summed E-state index contributed by atoms with van der Waals surface area (Å²) in [7, 11) is 1.52. The number of hydrogen-bond acceptors (Lipinski definition) is 3. The van der Waals surface area contributed by atoms with Crippen molar-refractivity contribution >= 4 is 11.5 Å². The van der Waals surface area contributed by atoms with Crippen molar-refractivity contribution in [3.05, 3.63) is 30.0 Å². The molecule has 0 fully saturated rings. The molecule has 1 heterocycles. The zero-order valence-electron chi connectivity index (χ0n) is 8.02. The van der Waals surface area contributed by atoms with E-state index in [-0.39, 0.29) is 0 Å². The Morgan fingerprint density at radius 2 is 2.36 bits per heavy atom. The number of methoxy groups -OCH3 is 1. The van der Waals surface area contributed by atoms with Gasteiger partial charge in [0, 0.05) is 18.3 Å². The van der Waals surface area contributed by atoms with Crippen molar-refractivity contribution in [1.82, 2.24) is 4.98 Å². The maximum absolute atomic E-state index is 10.4. The normalized spacial score (nSPS) is 11.1. The maximum Gasteiger partial charge on any atom is 0.328 e. The van der Waals surface area contributed by atoms with Crippen LogP contribution in [0.5, 0.6) is 5.88 Å². The molecular formula is C10H11NO3. The van der Waals surface area contributed by atoms with Crippen LogP contribution in [-0.2, 0) is 4.79 Å². The fraction of sp³-hybridized carbons (Fsp3) is 0.200. The Kier molecular flexibility index (Phi) is 3.23. The van der Waals surface area contributed by atoms with Crippen LogP contribution in [0.25, 0.3) is 5.57 Å². The molecule has 0 unspecified atom stereocenters. The van der Waals surface area contributed by atoms with Gasteiger partial charge in [-0.1, -0.05) is 0 Å². The highest BCUT2D eigenvalue weighted by Crippen LogP contribution is 2.16. The average molecular weight is 193 g/mol. The summed E-state index contributed by atoms with van der Waals surface area (Å²) in [6, 6.07) is 3.42. The summed E-state index contributed by atoms with van der Waals surface area (Å²) in [6.45, 7) is 1.73. The summed E-state index contributed by atoms with van der Waals surface area (Å²) < 4.78 is 4.92. The van der Waals surface area contributed by atoms with Crippen molar-refractivity contribution in [1.29, 1.82) is 0 Å². The Morgan fingerprint density at radius 3 is 2.93 bits per heavy atom. The Labute approximate surface area is 81.9 Å². The van der Waals surface area contributed by atoms with E-state index >= 15 is 0 Å². The standard InChI is InChI=1S/C10H11NO3/c1-7(5-10(12)13)8-3-4-11-9(6-8)14-2/h3-6H,1-2H3,(H,12,13)/b7-5-. The fourth-order valence-electron chi connectivity index (χ4n) is 1.03. The Balaban J connectivity index is 3.01. The number of allylic oxidation sites excluding steroid dienone is 1. The monoisotopic (exact) mass is 193 g/mol. The summed E-state index contributed by atoms with van der Waals surface area (Å²) in [4.78, 5) is 14.3. The highest BCUT2D eigenvalue weighted by atomic mass is 16.5. The Morgan fingerprint density at radius 1 is 1.64 bits per heavy atom. The number of carboxylic acid groups (broad SMARTS) is 1. The van der Waals surface area contributed by atoms with Crippen LogP contribution in [0.2, 0.25) is 0 Å². The van der Waals surface area contributed by atoms with Gasteiger partial charge in [0.1, 0.15) is 0 Å². The zero-order chi connectivity index (χ0) is 10.6. The minimum absolute atomic E-state index is 0.473. The summed E-state index contributed by atoms with van der Waals surface area (Å²) in [6.07, 6.45) is 2.72. The van der Waals surface area contributed by atoms with E-state index in [9.17, 15) is 4.79 Å². The predicted molar refractivity (Wildman–Crippen MR) is 52.1 cm³/mol. The van der Waals surface area contributed by atoms with Gasteiger partial charge in [0.15, 0.2) is 0 Å². The summed E-state index contributed by atoms with van der Waals surface area (Å²) in [5.74, 6) is -0.487. The quantitative estimate of drug-likeness (QED) is 0.740. The molecule has 0 radical (unpaired) electrons. The SMILES string of the molecule is COc1cc(/C(C)=C\C(=O)O)ccn1. The van der Waals surface area contributed by atoms with E-state index < -0.39 is 5.97 Å². The largest absolute Gasteiger partial charge is 0.481 e. The molecule has 14 heavy (non-hydrogen) atoms. The number of pyridine rings is 1. The van der Waals surface area contributed by atoms with Gasteiger partial charge in [-0.05, 0) is 24.1 Å². The molecule has 4 nitrogen and oxygen atoms in total. The van der Waals surface area contributed by atoms with Crippen molar-refractivity contribution in [2.75, 3.05) is 7.11 Å². The van der Waals surface area contributed by atoms with Gasteiger partial charge in [0.25, 0.3) is 0 Å². The first kappa shape index (κ1) is 10.2. The molecule has 74 valence electrons. The highest BCUT2D eigenvalue weighted by Gasteiger charge is 2.00. The van der Waals surface area contributed by atoms with Gasteiger partial charge >= 0.3 is 5.97 Å². The molecule has 0 aromatic carbocycles. The minimum atomic E-state index is -0.960. The molecule has 1 rings (SSSR count). The molecule has 1 aromatic rings. The lowest BCUT2D eigenvalue weighted by molar-refractivity contribution is -0.131. The molecule has 0 atom stereocenters. The van der Waals surface area contributed by atoms with Crippen molar-refractivity contribution in [3.8, 4) is 5.88 Å². The molecular weight excluding hydrogens is 182 g/mol. The molecule has 0 saturated heterocycles. The van der Waals surface area contributed by atoms with Gasteiger partial charge in [0.2, 0.25) is 5.88 Å². The van der Waals surface area contributed by atoms with Gasteiger partial charge in [0.05, 0.1) is 7.11 Å². The van der Waals surface area contributed by atoms with Crippen molar-refractivity contribution < 1.29 is 14.6 Å². The second-order valence-corrected chi connectivity index (χ2v) is 2.75. The first-order valence-electron chi connectivity index (χ1n) is 4.05. The third-order valence-corrected chi connectivity index (χ3v) is 1.74. The molecule has 0 bridgehead atoms. The van der Waals surface area contributed by atoms with Crippen LogP contribution in [-0.4, -0.2) is 23.2 Å². The van der Waals surface area contributed by atoms with Crippen molar-refractivity contribution in [3.63, 3.8) is 0 Å². The smallest absolute Gasteiger partial charge is 0.328 e. The summed E-state index contributed by atoms with van der Waals surface area (Å²) in [5.41, 5.74) is 1.46. The van der Waals surface area contributed by atoms with Crippen LogP contribution in [0.4, 0.5) is 0 Å². The van der Waals surface area contributed by atoms with E-state index in [1.807, 2.05) is 0 Å². The lowest BCUT2D eigenvalue weighted by atomic mass is 10.1. The maximum atomic E-state index is 10.4. The molecule has 4 heteroatoms. The van der Waals surface area contributed by atoms with E-state index in [2.05, 4.69) is 4.98 Å². The van der Waals surface area contributed by atoms with E-state index in [0.29, 0.717) is 11.5 Å². The predicted octanol–water partition coefficient (Wildman–Crippen LogP) is 1.58. The van der Waals surface area contributed by atoms with E-state index in [0.717, 1.165) is 11.6 Å². The number of hydrogen-bond donors (Lipinski definition) is 1. The summed E-state index contributed by atoms with van der Waals surface area (Å²) in [5, 5.41) is 8.55. The average Bonchev–Trinajstić information content (AvgIpc) is 2.17. The molecule has 0 aliphatic rings. The number of aromatic nitrogens is 1. The van der Waals surface area contributed by atoms with Crippen LogP contribution in [0.15, 0.2) is 24.4 Å². The number of carboxylic acids is 1. The number of aliphatic carboxylic acids is 1. The van der Waals surface area contributed by atoms with Crippen LogP contribution in [0.1, 0.15) is 12.5 Å². The number of ether oxygens (including phenoxy) is 1. The van der Waals surface area contributed by atoms with Gasteiger partial charge in [-0.3, -0.25) is 0 Å². The molecule has 0 aliphatic carbocycles.